The van der Waals surface area contributed by atoms with Crippen molar-refractivity contribution in [3.63, 3.8) is 0 Å². The van der Waals surface area contributed by atoms with Gasteiger partial charge < -0.3 is 15.0 Å². The van der Waals surface area contributed by atoms with Gasteiger partial charge in [0, 0.05) is 42.2 Å². The molecular weight excluding hydrogens is 372 g/mol. The fourth-order valence-corrected chi connectivity index (χ4v) is 3.86. The molecule has 140 valence electrons. The van der Waals surface area contributed by atoms with Crippen LogP contribution in [0.4, 0.5) is 8.78 Å². The summed E-state index contributed by atoms with van der Waals surface area (Å²) in [5.74, 6) is -2.06. The molecule has 8 heteroatoms. The standard InChI is InChI=1S/C19H17F2N3O2S/c20-15-5-1-4-13(17(15)21)14-10-24-27-18(14)11-7-16(22-8-11)19(25)23-9-12-3-2-6-26-12/h1,4-5,7-8,10,12,22H,2-3,6,9H2,(H,23,25)/t12-/m1/s1. The Balaban J connectivity index is 1.55. The van der Waals surface area contributed by atoms with Gasteiger partial charge in [0.1, 0.15) is 5.69 Å². The van der Waals surface area contributed by atoms with Crippen LogP contribution in [0.1, 0.15) is 23.3 Å². The van der Waals surface area contributed by atoms with Gasteiger partial charge in [-0.15, -0.1) is 0 Å². The van der Waals surface area contributed by atoms with E-state index in [1.165, 1.54) is 18.3 Å². The first-order valence-electron chi connectivity index (χ1n) is 8.61. The van der Waals surface area contributed by atoms with Crippen LogP contribution in [-0.4, -0.2) is 34.5 Å². The van der Waals surface area contributed by atoms with Gasteiger partial charge in [-0.3, -0.25) is 4.79 Å². The van der Waals surface area contributed by atoms with Crippen molar-refractivity contribution < 1.29 is 18.3 Å². The summed E-state index contributed by atoms with van der Waals surface area (Å²) in [4.78, 5) is 15.9. The zero-order valence-corrected chi connectivity index (χ0v) is 15.1. The predicted octanol–water partition coefficient (Wildman–Crippen LogP) is 3.99. The number of nitrogens with zero attached hydrogens (tertiary/aromatic N) is 1. The number of benzene rings is 1. The Morgan fingerprint density at radius 2 is 2.26 bits per heavy atom. The quantitative estimate of drug-likeness (QED) is 0.693. The molecule has 1 aliphatic rings. The van der Waals surface area contributed by atoms with Crippen molar-refractivity contribution in [2.75, 3.05) is 13.2 Å². The third kappa shape index (κ3) is 3.63. The molecule has 4 rings (SSSR count). The monoisotopic (exact) mass is 389 g/mol. The van der Waals surface area contributed by atoms with E-state index in [1.807, 2.05) is 0 Å². The molecule has 3 aromatic rings. The van der Waals surface area contributed by atoms with Crippen LogP contribution in [0.2, 0.25) is 0 Å². The zero-order valence-electron chi connectivity index (χ0n) is 14.3. The molecule has 5 nitrogen and oxygen atoms in total. The van der Waals surface area contributed by atoms with E-state index in [1.54, 1.807) is 12.3 Å². The van der Waals surface area contributed by atoms with Gasteiger partial charge in [-0.2, -0.15) is 4.37 Å². The highest BCUT2D eigenvalue weighted by molar-refractivity contribution is 7.10. The van der Waals surface area contributed by atoms with E-state index in [-0.39, 0.29) is 17.6 Å². The van der Waals surface area contributed by atoms with E-state index >= 15 is 0 Å². The number of nitrogens with one attached hydrogen (secondary N) is 2. The highest BCUT2D eigenvalue weighted by Crippen LogP contribution is 2.37. The van der Waals surface area contributed by atoms with Crippen molar-refractivity contribution in [3.05, 3.63) is 54.0 Å². The third-order valence-electron chi connectivity index (χ3n) is 4.52. The first-order valence-corrected chi connectivity index (χ1v) is 9.38. The molecule has 0 unspecified atom stereocenters. The highest BCUT2D eigenvalue weighted by atomic mass is 32.1. The van der Waals surface area contributed by atoms with Crippen LogP contribution >= 0.6 is 11.5 Å². The predicted molar refractivity (Wildman–Crippen MR) is 98.6 cm³/mol. The van der Waals surface area contributed by atoms with Crippen LogP contribution in [0.3, 0.4) is 0 Å². The molecular formula is C19H17F2N3O2S. The lowest BCUT2D eigenvalue weighted by atomic mass is 10.0. The van der Waals surface area contributed by atoms with Crippen molar-refractivity contribution in [1.82, 2.24) is 14.7 Å². The molecule has 2 aromatic heterocycles. The number of rotatable bonds is 5. The second kappa shape index (κ2) is 7.58. The van der Waals surface area contributed by atoms with Gasteiger partial charge in [0.05, 0.1) is 11.0 Å². The molecule has 0 spiro atoms. The minimum Gasteiger partial charge on any atom is -0.376 e. The molecule has 0 saturated carbocycles. The summed E-state index contributed by atoms with van der Waals surface area (Å²) in [6, 6.07) is 5.72. The fraction of sp³-hybridized carbons (Fsp3) is 0.263. The molecule has 0 bridgehead atoms. The number of hydrogen-bond donors (Lipinski definition) is 2. The summed E-state index contributed by atoms with van der Waals surface area (Å²) in [6.45, 7) is 1.20. The maximum absolute atomic E-state index is 14.2. The minimum absolute atomic E-state index is 0.0624. The molecule has 1 atom stereocenters. The summed E-state index contributed by atoms with van der Waals surface area (Å²) >= 11 is 1.16. The first-order chi connectivity index (χ1) is 13.1. The first kappa shape index (κ1) is 17.8. The molecule has 1 amide bonds. The molecule has 1 aromatic carbocycles. The van der Waals surface area contributed by atoms with Gasteiger partial charge in [-0.1, -0.05) is 12.1 Å². The SMILES string of the molecule is O=C(NC[C@H]1CCCO1)c1cc(-c2sncc2-c2cccc(F)c2F)c[nH]1. The van der Waals surface area contributed by atoms with Gasteiger partial charge in [0.25, 0.3) is 5.91 Å². The van der Waals surface area contributed by atoms with E-state index in [4.69, 9.17) is 4.74 Å². The molecule has 2 N–H and O–H groups in total. The zero-order chi connectivity index (χ0) is 18.8. The van der Waals surface area contributed by atoms with Crippen LogP contribution in [-0.2, 0) is 4.74 Å². The average molecular weight is 389 g/mol. The van der Waals surface area contributed by atoms with Crippen molar-refractivity contribution in [3.8, 4) is 21.6 Å². The summed E-state index contributed by atoms with van der Waals surface area (Å²) in [5, 5.41) is 2.85. The van der Waals surface area contributed by atoms with Crippen molar-refractivity contribution in [1.29, 1.82) is 0 Å². The second-order valence-corrected chi connectivity index (χ2v) is 7.12. The Bertz CT molecular complexity index is 964. The second-order valence-electron chi connectivity index (χ2n) is 6.32. The molecule has 1 fully saturated rings. The number of halogens is 2. The molecule has 3 heterocycles. The number of aromatic amines is 1. The minimum atomic E-state index is -0.913. The van der Waals surface area contributed by atoms with E-state index in [0.29, 0.717) is 28.2 Å². The van der Waals surface area contributed by atoms with E-state index in [0.717, 1.165) is 37.0 Å². The molecule has 27 heavy (non-hydrogen) atoms. The maximum Gasteiger partial charge on any atom is 0.267 e. The average Bonchev–Trinajstić information content (AvgIpc) is 3.42. The van der Waals surface area contributed by atoms with Crippen LogP contribution < -0.4 is 5.32 Å². The summed E-state index contributed by atoms with van der Waals surface area (Å²) < 4.78 is 37.3. The Kier molecular flexibility index (Phi) is 5.00. The van der Waals surface area contributed by atoms with Gasteiger partial charge >= 0.3 is 0 Å². The number of hydrogen-bond acceptors (Lipinski definition) is 4. The van der Waals surface area contributed by atoms with Gasteiger partial charge in [0.2, 0.25) is 0 Å². The highest BCUT2D eigenvalue weighted by Gasteiger charge is 2.20. The van der Waals surface area contributed by atoms with Crippen molar-refractivity contribution in [2.45, 2.75) is 18.9 Å². The number of carbonyl (C=O) groups is 1. The number of amides is 1. The van der Waals surface area contributed by atoms with E-state index in [9.17, 15) is 13.6 Å². The Labute approximate surface area is 158 Å². The number of aromatic nitrogens is 2. The Morgan fingerprint density at radius 3 is 3.07 bits per heavy atom. The number of carbonyl (C=O) groups excluding carboxylic acids is 1. The largest absolute Gasteiger partial charge is 0.376 e. The van der Waals surface area contributed by atoms with Crippen molar-refractivity contribution in [2.24, 2.45) is 0 Å². The fourth-order valence-electron chi connectivity index (χ4n) is 3.12. The van der Waals surface area contributed by atoms with Crippen LogP contribution in [0, 0.1) is 11.6 Å². The van der Waals surface area contributed by atoms with Crippen molar-refractivity contribution >= 4 is 17.4 Å². The molecule has 1 saturated heterocycles. The maximum atomic E-state index is 14.2. The summed E-state index contributed by atoms with van der Waals surface area (Å²) in [6.07, 6.45) is 5.18. The normalized spacial score (nSPS) is 16.6. The Morgan fingerprint density at radius 1 is 1.37 bits per heavy atom. The molecule has 1 aliphatic heterocycles. The summed E-state index contributed by atoms with van der Waals surface area (Å²) in [7, 11) is 0. The third-order valence-corrected chi connectivity index (χ3v) is 5.37. The lowest BCUT2D eigenvalue weighted by Crippen LogP contribution is -2.31. The van der Waals surface area contributed by atoms with Gasteiger partial charge in [0.15, 0.2) is 11.6 Å². The number of H-pyrrole nitrogens is 1. The van der Waals surface area contributed by atoms with Crippen LogP contribution in [0.25, 0.3) is 21.6 Å². The lowest BCUT2D eigenvalue weighted by molar-refractivity contribution is 0.0854. The lowest BCUT2D eigenvalue weighted by Gasteiger charge is -2.09. The van der Waals surface area contributed by atoms with E-state index in [2.05, 4.69) is 14.7 Å². The Hall–Kier alpha value is -2.58. The van der Waals surface area contributed by atoms with Gasteiger partial charge in [-0.25, -0.2) is 8.78 Å². The number of ether oxygens (including phenoxy) is 1. The molecule has 0 radical (unpaired) electrons. The smallest absolute Gasteiger partial charge is 0.267 e. The van der Waals surface area contributed by atoms with Gasteiger partial charge in [-0.05, 0) is 36.5 Å². The van der Waals surface area contributed by atoms with Crippen LogP contribution in [0.5, 0.6) is 0 Å². The topological polar surface area (TPSA) is 67.0 Å². The molecule has 0 aliphatic carbocycles. The summed E-state index contributed by atoms with van der Waals surface area (Å²) in [5.41, 5.74) is 1.71. The van der Waals surface area contributed by atoms with Crippen LogP contribution in [0.15, 0.2) is 36.7 Å². The van der Waals surface area contributed by atoms with E-state index < -0.39 is 11.6 Å².